The third kappa shape index (κ3) is 2.93. The van der Waals surface area contributed by atoms with Crippen molar-refractivity contribution in [2.24, 2.45) is 0 Å². The first-order valence-corrected chi connectivity index (χ1v) is 6.39. The van der Waals surface area contributed by atoms with Gasteiger partial charge in [-0.05, 0) is 12.1 Å². The van der Waals surface area contributed by atoms with E-state index in [1.165, 1.54) is 4.90 Å². The number of hydrogen-bond donors (Lipinski definition) is 1. The summed E-state index contributed by atoms with van der Waals surface area (Å²) in [6, 6.07) is 8.67. The molecule has 19 heavy (non-hydrogen) atoms. The third-order valence-corrected chi connectivity index (χ3v) is 3.25. The Morgan fingerprint density at radius 1 is 1.26 bits per heavy atom. The van der Waals surface area contributed by atoms with Crippen molar-refractivity contribution in [1.82, 2.24) is 15.1 Å². The van der Waals surface area contributed by atoms with E-state index in [2.05, 4.69) is 5.32 Å². The van der Waals surface area contributed by atoms with Gasteiger partial charge in [0, 0.05) is 39.3 Å². The number of likely N-dealkylation sites (N-methyl/N-ethyl adjacent to an activating group) is 1. The summed E-state index contributed by atoms with van der Waals surface area (Å²) in [5.74, 6) is -0.126. The smallest absolute Gasteiger partial charge is 0.254 e. The lowest BCUT2D eigenvalue weighted by atomic mass is 10.1. The lowest BCUT2D eigenvalue weighted by Gasteiger charge is -2.36. The van der Waals surface area contributed by atoms with E-state index >= 15 is 0 Å². The molecule has 2 rings (SSSR count). The van der Waals surface area contributed by atoms with Crippen LogP contribution in [0.25, 0.3) is 0 Å². The third-order valence-electron chi connectivity index (χ3n) is 3.25. The van der Waals surface area contributed by atoms with Crippen LogP contribution < -0.4 is 5.32 Å². The minimum atomic E-state index is -0.420. The molecular formula is C14H19N3O2. The Morgan fingerprint density at radius 3 is 2.58 bits per heavy atom. The molecule has 1 N–H and O–H groups in total. The first-order chi connectivity index (χ1) is 9.11. The number of carbonyl (C=O) groups is 2. The summed E-state index contributed by atoms with van der Waals surface area (Å²) in [5.41, 5.74) is 0.626. The second kappa shape index (κ2) is 5.84. The van der Waals surface area contributed by atoms with E-state index in [9.17, 15) is 9.59 Å². The van der Waals surface area contributed by atoms with E-state index in [1.54, 1.807) is 31.1 Å². The number of benzene rings is 1. The van der Waals surface area contributed by atoms with Crippen molar-refractivity contribution in [2.45, 2.75) is 6.04 Å². The number of nitrogens with one attached hydrogen (secondary N) is 1. The van der Waals surface area contributed by atoms with Crippen molar-refractivity contribution in [3.05, 3.63) is 35.9 Å². The second-order valence-corrected chi connectivity index (χ2v) is 4.82. The molecule has 0 radical (unpaired) electrons. The molecule has 2 amide bonds. The lowest BCUT2D eigenvalue weighted by Crippen LogP contribution is -2.59. The van der Waals surface area contributed by atoms with Gasteiger partial charge in [0.05, 0.1) is 0 Å². The molecule has 1 aliphatic heterocycles. The molecule has 1 fully saturated rings. The number of amides is 2. The summed E-state index contributed by atoms with van der Waals surface area (Å²) < 4.78 is 0. The van der Waals surface area contributed by atoms with Crippen molar-refractivity contribution in [1.29, 1.82) is 0 Å². The maximum Gasteiger partial charge on any atom is 0.254 e. The van der Waals surface area contributed by atoms with Crippen LogP contribution in [-0.4, -0.2) is 61.4 Å². The topological polar surface area (TPSA) is 52.7 Å². The van der Waals surface area contributed by atoms with E-state index in [4.69, 9.17) is 0 Å². The highest BCUT2D eigenvalue weighted by Gasteiger charge is 2.33. The second-order valence-electron chi connectivity index (χ2n) is 4.82. The zero-order valence-corrected chi connectivity index (χ0v) is 11.3. The van der Waals surface area contributed by atoms with Gasteiger partial charge < -0.3 is 15.1 Å². The highest BCUT2D eigenvalue weighted by Crippen LogP contribution is 2.12. The van der Waals surface area contributed by atoms with Gasteiger partial charge in [-0.1, -0.05) is 18.2 Å². The fraction of sp³-hybridized carbons (Fsp3) is 0.429. The first kappa shape index (κ1) is 13.5. The van der Waals surface area contributed by atoms with Crippen LogP contribution in [0.4, 0.5) is 0 Å². The Balaban J connectivity index is 2.20. The van der Waals surface area contributed by atoms with Crippen LogP contribution in [0.3, 0.4) is 0 Å². The number of hydrogen-bond acceptors (Lipinski definition) is 3. The van der Waals surface area contributed by atoms with Crippen molar-refractivity contribution in [3.8, 4) is 0 Å². The summed E-state index contributed by atoms with van der Waals surface area (Å²) in [5, 5.41) is 3.17. The zero-order chi connectivity index (χ0) is 13.8. The standard InChI is InChI=1S/C14H19N3O2/c1-16(2)14(19)12-10-15-8-9-17(12)13(18)11-6-4-3-5-7-11/h3-7,12,15H,8-10H2,1-2H3. The molecule has 0 bridgehead atoms. The maximum absolute atomic E-state index is 12.5. The van der Waals surface area contributed by atoms with Gasteiger partial charge in [0.15, 0.2) is 0 Å². The molecule has 0 saturated carbocycles. The Morgan fingerprint density at radius 2 is 1.95 bits per heavy atom. The van der Waals surface area contributed by atoms with Gasteiger partial charge in [-0.2, -0.15) is 0 Å². The zero-order valence-electron chi connectivity index (χ0n) is 11.3. The van der Waals surface area contributed by atoms with Crippen LogP contribution >= 0.6 is 0 Å². The van der Waals surface area contributed by atoms with Gasteiger partial charge in [0.2, 0.25) is 5.91 Å². The summed E-state index contributed by atoms with van der Waals surface area (Å²) in [4.78, 5) is 27.8. The van der Waals surface area contributed by atoms with E-state index < -0.39 is 6.04 Å². The van der Waals surface area contributed by atoms with Gasteiger partial charge in [-0.25, -0.2) is 0 Å². The number of carbonyl (C=O) groups excluding carboxylic acids is 2. The van der Waals surface area contributed by atoms with Gasteiger partial charge in [0.1, 0.15) is 6.04 Å². The van der Waals surface area contributed by atoms with Crippen LogP contribution in [-0.2, 0) is 4.79 Å². The largest absolute Gasteiger partial charge is 0.347 e. The SMILES string of the molecule is CN(C)C(=O)C1CNCCN1C(=O)c1ccccc1. The average molecular weight is 261 g/mol. The van der Waals surface area contributed by atoms with Gasteiger partial charge >= 0.3 is 0 Å². The highest BCUT2D eigenvalue weighted by atomic mass is 16.2. The molecule has 0 spiro atoms. The highest BCUT2D eigenvalue weighted by molar-refractivity contribution is 5.97. The van der Waals surface area contributed by atoms with Gasteiger partial charge in [0.25, 0.3) is 5.91 Å². The molecule has 0 aromatic heterocycles. The summed E-state index contributed by atoms with van der Waals surface area (Å²) in [6.45, 7) is 1.78. The van der Waals surface area contributed by atoms with Crippen LogP contribution in [0.5, 0.6) is 0 Å². The van der Waals surface area contributed by atoms with E-state index in [0.717, 1.165) is 6.54 Å². The van der Waals surface area contributed by atoms with Crippen LogP contribution in [0.1, 0.15) is 10.4 Å². The molecule has 1 atom stereocenters. The number of piperazine rings is 1. The fourth-order valence-corrected chi connectivity index (χ4v) is 2.21. The predicted octanol–water partition coefficient (Wildman–Crippen LogP) is 0.189. The molecule has 1 heterocycles. The quantitative estimate of drug-likeness (QED) is 0.827. The molecule has 1 aromatic rings. The first-order valence-electron chi connectivity index (χ1n) is 6.39. The maximum atomic E-state index is 12.5. The van der Waals surface area contributed by atoms with E-state index in [-0.39, 0.29) is 11.8 Å². The fourth-order valence-electron chi connectivity index (χ4n) is 2.21. The summed E-state index contributed by atoms with van der Waals surface area (Å²) in [7, 11) is 3.42. The van der Waals surface area contributed by atoms with E-state index in [0.29, 0.717) is 18.7 Å². The van der Waals surface area contributed by atoms with Gasteiger partial charge in [-0.3, -0.25) is 9.59 Å². The normalized spacial score (nSPS) is 19.1. The van der Waals surface area contributed by atoms with Crippen LogP contribution in [0, 0.1) is 0 Å². The predicted molar refractivity (Wildman–Crippen MR) is 72.8 cm³/mol. The molecule has 1 saturated heterocycles. The lowest BCUT2D eigenvalue weighted by molar-refractivity contribution is -0.134. The van der Waals surface area contributed by atoms with Crippen molar-refractivity contribution >= 4 is 11.8 Å². The minimum Gasteiger partial charge on any atom is -0.347 e. The van der Waals surface area contributed by atoms with Crippen LogP contribution in [0.2, 0.25) is 0 Å². The van der Waals surface area contributed by atoms with Crippen LogP contribution in [0.15, 0.2) is 30.3 Å². The Hall–Kier alpha value is -1.88. The Labute approximate surface area is 113 Å². The molecule has 0 aliphatic carbocycles. The van der Waals surface area contributed by atoms with Gasteiger partial charge in [-0.15, -0.1) is 0 Å². The molecule has 1 unspecified atom stereocenters. The van der Waals surface area contributed by atoms with Crippen molar-refractivity contribution in [2.75, 3.05) is 33.7 Å². The summed E-state index contributed by atoms with van der Waals surface area (Å²) >= 11 is 0. The molecule has 5 nitrogen and oxygen atoms in total. The molecule has 5 heteroatoms. The Bertz CT molecular complexity index is 459. The number of rotatable bonds is 2. The van der Waals surface area contributed by atoms with Crippen molar-refractivity contribution in [3.63, 3.8) is 0 Å². The van der Waals surface area contributed by atoms with E-state index in [1.807, 2.05) is 18.2 Å². The molecular weight excluding hydrogens is 242 g/mol. The molecule has 102 valence electrons. The molecule has 1 aromatic carbocycles. The average Bonchev–Trinajstić information content (AvgIpc) is 2.46. The van der Waals surface area contributed by atoms with Crippen molar-refractivity contribution < 1.29 is 9.59 Å². The molecule has 1 aliphatic rings. The monoisotopic (exact) mass is 261 g/mol. The minimum absolute atomic E-state index is 0.0449. The summed E-state index contributed by atoms with van der Waals surface area (Å²) in [6.07, 6.45) is 0. The Kier molecular flexibility index (Phi) is 4.16. The number of nitrogens with zero attached hydrogens (tertiary/aromatic N) is 2.